The number of carbonyl (C=O) groups is 2. The first-order chi connectivity index (χ1) is 11.2. The molecule has 10 heteroatoms. The number of urea groups is 2. The van der Waals surface area contributed by atoms with Gasteiger partial charge in [-0.2, -0.15) is 0 Å². The largest absolute Gasteiger partial charge is 0.338 e. The molecule has 0 rings (SSSR count). The van der Waals surface area contributed by atoms with Crippen LogP contribution >= 0.6 is 24.8 Å². The summed E-state index contributed by atoms with van der Waals surface area (Å²) >= 11 is 0. The van der Waals surface area contributed by atoms with E-state index in [1.807, 2.05) is 13.8 Å². The number of amides is 4. The molecule has 6 N–H and O–H groups in total. The van der Waals surface area contributed by atoms with E-state index in [0.29, 0.717) is 26.2 Å². The van der Waals surface area contributed by atoms with E-state index in [1.165, 1.54) is 0 Å². The first-order valence-electron chi connectivity index (χ1n) is 8.65. The molecule has 25 heavy (non-hydrogen) atoms. The molecule has 0 unspecified atom stereocenters. The maximum absolute atomic E-state index is 11.1. The molecule has 0 aliphatic heterocycles. The van der Waals surface area contributed by atoms with Crippen molar-refractivity contribution in [3.8, 4) is 0 Å². The summed E-state index contributed by atoms with van der Waals surface area (Å²) in [7, 11) is 0. The van der Waals surface area contributed by atoms with Crippen molar-refractivity contribution in [3.05, 3.63) is 0 Å². The number of hydrogen-bond acceptors (Lipinski definition) is 4. The van der Waals surface area contributed by atoms with E-state index in [-0.39, 0.29) is 36.9 Å². The zero-order chi connectivity index (χ0) is 17.2. The molecule has 0 spiro atoms. The van der Waals surface area contributed by atoms with Crippen LogP contribution in [0.15, 0.2) is 0 Å². The van der Waals surface area contributed by atoms with Crippen LogP contribution in [-0.2, 0) is 0 Å². The number of rotatable bonds is 14. The molecule has 0 atom stereocenters. The standard InChI is InChI=1S/C15H34N6O2.2ClH/c1-3-18-14(22)20-12-6-10-16-8-5-9-17-11-7-13-21-15(23)19-4-2;;/h16-17H,3-13H2,1-2H3,(H2,18,20,22)(H2,19,21,23);2*1H. The fraction of sp³-hybridized carbons (Fsp3) is 0.867. The molecule has 152 valence electrons. The quantitative estimate of drug-likeness (QED) is 0.242. The molecule has 0 radical (unpaired) electrons. The maximum atomic E-state index is 11.1. The van der Waals surface area contributed by atoms with Gasteiger partial charge in [0, 0.05) is 26.2 Å². The summed E-state index contributed by atoms with van der Waals surface area (Å²) in [5.41, 5.74) is 0. The first kappa shape index (κ1) is 28.8. The molecule has 4 amide bonds. The second kappa shape index (κ2) is 23.0. The molecule has 8 nitrogen and oxygen atoms in total. The normalized spacial score (nSPS) is 9.36. The smallest absolute Gasteiger partial charge is 0.314 e. The predicted octanol–water partition coefficient (Wildman–Crippen LogP) is 0.818. The summed E-state index contributed by atoms with van der Waals surface area (Å²) < 4.78 is 0. The molecule has 0 aromatic heterocycles. The summed E-state index contributed by atoms with van der Waals surface area (Å²) in [5, 5.41) is 17.7. The maximum Gasteiger partial charge on any atom is 0.314 e. The second-order valence-corrected chi connectivity index (χ2v) is 5.13. The van der Waals surface area contributed by atoms with Crippen molar-refractivity contribution in [1.82, 2.24) is 31.9 Å². The molecule has 0 saturated carbocycles. The van der Waals surface area contributed by atoms with Gasteiger partial charge in [-0.25, -0.2) is 9.59 Å². The summed E-state index contributed by atoms with van der Waals surface area (Å²) in [5.74, 6) is 0. The van der Waals surface area contributed by atoms with Crippen LogP contribution in [0.1, 0.15) is 33.1 Å². The SMILES string of the molecule is CCNC(=O)NCCCNCCCNCCCNC(=O)NCC.Cl.Cl. The fourth-order valence-electron chi connectivity index (χ4n) is 1.87. The minimum atomic E-state index is -0.0987. The Morgan fingerprint density at radius 1 is 0.560 bits per heavy atom. The van der Waals surface area contributed by atoms with Gasteiger partial charge in [0.2, 0.25) is 0 Å². The first-order valence-corrected chi connectivity index (χ1v) is 8.65. The van der Waals surface area contributed by atoms with Gasteiger partial charge in [-0.15, -0.1) is 24.8 Å². The third-order valence-electron chi connectivity index (χ3n) is 3.01. The molecular formula is C15H36Cl2N6O2. The Morgan fingerprint density at radius 2 is 0.880 bits per heavy atom. The lowest BCUT2D eigenvalue weighted by molar-refractivity contribution is 0.240. The molecule has 0 aliphatic carbocycles. The van der Waals surface area contributed by atoms with Crippen LogP contribution in [0.2, 0.25) is 0 Å². The monoisotopic (exact) mass is 402 g/mol. The highest BCUT2D eigenvalue weighted by Crippen LogP contribution is 1.79. The highest BCUT2D eigenvalue weighted by atomic mass is 35.5. The zero-order valence-corrected chi connectivity index (χ0v) is 17.0. The molecule has 0 aromatic carbocycles. The van der Waals surface area contributed by atoms with E-state index in [0.717, 1.165) is 45.4 Å². The van der Waals surface area contributed by atoms with E-state index < -0.39 is 0 Å². The molecule has 0 aromatic rings. The number of halogens is 2. The lowest BCUT2D eigenvalue weighted by Gasteiger charge is -2.08. The lowest BCUT2D eigenvalue weighted by atomic mass is 10.3. The third kappa shape index (κ3) is 23.0. The molecule has 0 aliphatic rings. The van der Waals surface area contributed by atoms with Crippen LogP contribution in [0, 0.1) is 0 Å². The van der Waals surface area contributed by atoms with E-state index >= 15 is 0 Å². The summed E-state index contributed by atoms with van der Waals surface area (Å²) in [6, 6.07) is -0.197. The molecule has 0 heterocycles. The average molecular weight is 403 g/mol. The Morgan fingerprint density at radius 3 is 1.20 bits per heavy atom. The Bertz CT molecular complexity index is 284. The molecular weight excluding hydrogens is 367 g/mol. The molecule has 0 bridgehead atoms. The van der Waals surface area contributed by atoms with Crippen LogP contribution < -0.4 is 31.9 Å². The minimum Gasteiger partial charge on any atom is -0.338 e. The zero-order valence-electron chi connectivity index (χ0n) is 15.4. The average Bonchev–Trinajstić information content (AvgIpc) is 2.52. The Hall–Kier alpha value is -0.960. The van der Waals surface area contributed by atoms with E-state index in [2.05, 4.69) is 31.9 Å². The van der Waals surface area contributed by atoms with Crippen molar-refractivity contribution in [3.63, 3.8) is 0 Å². The Labute approximate surface area is 164 Å². The topological polar surface area (TPSA) is 106 Å². The van der Waals surface area contributed by atoms with Crippen molar-refractivity contribution in [2.45, 2.75) is 33.1 Å². The van der Waals surface area contributed by atoms with Gasteiger partial charge in [0.25, 0.3) is 0 Å². The van der Waals surface area contributed by atoms with Gasteiger partial charge in [-0.1, -0.05) is 0 Å². The van der Waals surface area contributed by atoms with E-state index in [9.17, 15) is 9.59 Å². The van der Waals surface area contributed by atoms with Gasteiger partial charge in [0.15, 0.2) is 0 Å². The van der Waals surface area contributed by atoms with E-state index in [4.69, 9.17) is 0 Å². The number of carbonyl (C=O) groups excluding carboxylic acids is 2. The highest BCUT2D eigenvalue weighted by molar-refractivity contribution is 5.85. The number of hydrogen-bond donors (Lipinski definition) is 6. The van der Waals surface area contributed by atoms with Crippen molar-refractivity contribution in [2.75, 3.05) is 52.4 Å². The van der Waals surface area contributed by atoms with Gasteiger partial charge in [-0.05, 0) is 59.3 Å². The third-order valence-corrected chi connectivity index (χ3v) is 3.01. The number of nitrogens with one attached hydrogen (secondary N) is 6. The Kier molecular flexibility index (Phi) is 26.6. The van der Waals surface area contributed by atoms with Crippen molar-refractivity contribution >= 4 is 36.9 Å². The van der Waals surface area contributed by atoms with Gasteiger partial charge in [-0.3, -0.25) is 0 Å². The summed E-state index contributed by atoms with van der Waals surface area (Å²) in [6.07, 6.45) is 2.92. The second-order valence-electron chi connectivity index (χ2n) is 5.13. The summed E-state index contributed by atoms with van der Waals surface area (Å²) in [6.45, 7) is 10.2. The molecule has 0 saturated heterocycles. The van der Waals surface area contributed by atoms with Gasteiger partial charge < -0.3 is 31.9 Å². The van der Waals surface area contributed by atoms with Crippen LogP contribution in [-0.4, -0.2) is 64.4 Å². The lowest BCUT2D eigenvalue weighted by Crippen LogP contribution is -2.37. The van der Waals surface area contributed by atoms with Crippen LogP contribution in [0.25, 0.3) is 0 Å². The van der Waals surface area contributed by atoms with Gasteiger partial charge in [0.05, 0.1) is 0 Å². The van der Waals surface area contributed by atoms with Gasteiger partial charge in [0.1, 0.15) is 0 Å². The Balaban J connectivity index is -0.00000242. The highest BCUT2D eigenvalue weighted by Gasteiger charge is 1.97. The van der Waals surface area contributed by atoms with Crippen LogP contribution in [0.4, 0.5) is 9.59 Å². The van der Waals surface area contributed by atoms with Crippen molar-refractivity contribution in [1.29, 1.82) is 0 Å². The van der Waals surface area contributed by atoms with Crippen molar-refractivity contribution in [2.24, 2.45) is 0 Å². The van der Waals surface area contributed by atoms with Gasteiger partial charge >= 0.3 is 12.1 Å². The van der Waals surface area contributed by atoms with Crippen LogP contribution in [0.5, 0.6) is 0 Å². The van der Waals surface area contributed by atoms with E-state index in [1.54, 1.807) is 0 Å². The summed E-state index contributed by atoms with van der Waals surface area (Å²) in [4.78, 5) is 22.2. The van der Waals surface area contributed by atoms with Crippen LogP contribution in [0.3, 0.4) is 0 Å². The fourth-order valence-corrected chi connectivity index (χ4v) is 1.87. The molecule has 0 fully saturated rings. The van der Waals surface area contributed by atoms with Crippen molar-refractivity contribution < 1.29 is 9.59 Å². The minimum absolute atomic E-state index is 0. The predicted molar refractivity (Wildman–Crippen MR) is 108 cm³/mol.